The fourth-order valence-corrected chi connectivity index (χ4v) is 2.64. The van der Waals surface area contributed by atoms with Crippen LogP contribution in [0.25, 0.3) is 0 Å². The summed E-state index contributed by atoms with van der Waals surface area (Å²) >= 11 is 0. The highest BCUT2D eigenvalue weighted by Crippen LogP contribution is 2.24. The van der Waals surface area contributed by atoms with E-state index in [2.05, 4.69) is 0 Å². The molecule has 4 N–H and O–H groups in total. The lowest BCUT2D eigenvalue weighted by molar-refractivity contribution is 0.0996. The first-order valence-corrected chi connectivity index (χ1v) is 7.84. The summed E-state index contributed by atoms with van der Waals surface area (Å²) in [5.74, 6) is -1.13. The number of ether oxygens (including phenoxy) is 2. The van der Waals surface area contributed by atoms with E-state index in [1.165, 1.54) is 0 Å². The van der Waals surface area contributed by atoms with Crippen LogP contribution < -0.4 is 11.5 Å². The lowest BCUT2D eigenvalue weighted by atomic mass is 9.88. The fraction of sp³-hybridized carbons (Fsp3) is 0.529. The molecule has 0 heterocycles. The number of benzene rings is 1. The van der Waals surface area contributed by atoms with Crippen LogP contribution in [0.3, 0.4) is 0 Å². The zero-order valence-corrected chi connectivity index (χ0v) is 14.1. The highest BCUT2D eigenvalue weighted by Gasteiger charge is 2.22. The molecule has 0 unspecified atom stereocenters. The zero-order chi connectivity index (χ0) is 17.4. The second kappa shape index (κ2) is 9.27. The molecule has 0 spiro atoms. The summed E-state index contributed by atoms with van der Waals surface area (Å²) in [7, 11) is 0. The summed E-state index contributed by atoms with van der Waals surface area (Å²) in [6.07, 6.45) is 0.963. The SMILES string of the molecule is CCOCCc1c(C)cc(C(N)=O)c(CCOCC)c1C(N)=O. The fourth-order valence-electron chi connectivity index (χ4n) is 2.64. The number of aryl methyl sites for hydroxylation is 1. The minimum atomic E-state index is -0.571. The van der Waals surface area contributed by atoms with E-state index in [4.69, 9.17) is 20.9 Å². The third-order valence-corrected chi connectivity index (χ3v) is 3.68. The Morgan fingerprint density at radius 3 is 1.91 bits per heavy atom. The Morgan fingerprint density at radius 2 is 1.48 bits per heavy atom. The normalized spacial score (nSPS) is 10.7. The van der Waals surface area contributed by atoms with Crippen LogP contribution in [-0.2, 0) is 22.3 Å². The first-order valence-electron chi connectivity index (χ1n) is 7.84. The molecule has 1 aromatic carbocycles. The predicted molar refractivity (Wildman–Crippen MR) is 88.6 cm³/mol. The maximum Gasteiger partial charge on any atom is 0.249 e. The zero-order valence-electron chi connectivity index (χ0n) is 14.1. The number of amides is 2. The molecule has 0 bridgehead atoms. The van der Waals surface area contributed by atoms with Crippen LogP contribution in [0.15, 0.2) is 6.07 Å². The van der Waals surface area contributed by atoms with Gasteiger partial charge in [0.1, 0.15) is 0 Å². The van der Waals surface area contributed by atoms with Gasteiger partial charge >= 0.3 is 0 Å². The first-order chi connectivity index (χ1) is 10.9. The van der Waals surface area contributed by atoms with Crippen LogP contribution in [0.1, 0.15) is 51.3 Å². The van der Waals surface area contributed by atoms with Crippen molar-refractivity contribution in [2.75, 3.05) is 26.4 Å². The van der Waals surface area contributed by atoms with E-state index in [1.807, 2.05) is 20.8 Å². The Labute approximate surface area is 137 Å². The summed E-state index contributed by atoms with van der Waals surface area (Å²) < 4.78 is 10.7. The van der Waals surface area contributed by atoms with Crippen LogP contribution in [0.5, 0.6) is 0 Å². The Balaban J connectivity index is 3.37. The average Bonchev–Trinajstić information content (AvgIpc) is 2.49. The maximum atomic E-state index is 12.0. The minimum Gasteiger partial charge on any atom is -0.381 e. The third kappa shape index (κ3) is 5.04. The number of hydrogen-bond acceptors (Lipinski definition) is 4. The lowest BCUT2D eigenvalue weighted by Crippen LogP contribution is -2.24. The van der Waals surface area contributed by atoms with Crippen molar-refractivity contribution in [2.45, 2.75) is 33.6 Å². The van der Waals surface area contributed by atoms with Crippen molar-refractivity contribution in [1.29, 1.82) is 0 Å². The maximum absolute atomic E-state index is 12.0. The van der Waals surface area contributed by atoms with Crippen molar-refractivity contribution in [3.8, 4) is 0 Å². The quantitative estimate of drug-likeness (QED) is 0.634. The van der Waals surface area contributed by atoms with Crippen molar-refractivity contribution in [3.05, 3.63) is 33.9 Å². The molecular weight excluding hydrogens is 296 g/mol. The molecular formula is C17H26N2O4. The average molecular weight is 322 g/mol. The molecule has 0 atom stereocenters. The van der Waals surface area contributed by atoms with E-state index < -0.39 is 11.8 Å². The number of rotatable bonds is 10. The molecule has 0 saturated heterocycles. The molecule has 0 radical (unpaired) electrons. The Morgan fingerprint density at radius 1 is 0.957 bits per heavy atom. The summed E-state index contributed by atoms with van der Waals surface area (Å²) in [6, 6.07) is 1.72. The van der Waals surface area contributed by atoms with Crippen molar-refractivity contribution >= 4 is 11.8 Å². The molecule has 6 nitrogen and oxygen atoms in total. The van der Waals surface area contributed by atoms with Gasteiger partial charge in [0.05, 0.1) is 13.2 Å². The van der Waals surface area contributed by atoms with Gasteiger partial charge in [0.15, 0.2) is 0 Å². The van der Waals surface area contributed by atoms with Gasteiger partial charge in [-0.15, -0.1) is 0 Å². The number of carbonyl (C=O) groups excluding carboxylic acids is 2. The topological polar surface area (TPSA) is 105 Å². The molecule has 6 heteroatoms. The van der Waals surface area contributed by atoms with Crippen molar-refractivity contribution in [1.82, 2.24) is 0 Å². The molecule has 1 aromatic rings. The molecule has 0 fully saturated rings. The lowest BCUT2D eigenvalue weighted by Gasteiger charge is -2.18. The smallest absolute Gasteiger partial charge is 0.249 e. The van der Waals surface area contributed by atoms with Crippen LogP contribution >= 0.6 is 0 Å². The van der Waals surface area contributed by atoms with Crippen molar-refractivity contribution < 1.29 is 19.1 Å². The van der Waals surface area contributed by atoms with Crippen LogP contribution in [-0.4, -0.2) is 38.2 Å². The van der Waals surface area contributed by atoms with Gasteiger partial charge in [-0.3, -0.25) is 9.59 Å². The highest BCUT2D eigenvalue weighted by molar-refractivity contribution is 6.02. The van der Waals surface area contributed by atoms with Gasteiger partial charge in [-0.25, -0.2) is 0 Å². The monoisotopic (exact) mass is 322 g/mol. The van der Waals surface area contributed by atoms with E-state index in [0.717, 1.165) is 11.1 Å². The number of primary amides is 2. The van der Waals surface area contributed by atoms with E-state index in [9.17, 15) is 9.59 Å². The van der Waals surface area contributed by atoms with Crippen LogP contribution in [0.4, 0.5) is 0 Å². The van der Waals surface area contributed by atoms with Gasteiger partial charge in [0.25, 0.3) is 0 Å². The molecule has 0 aliphatic carbocycles. The summed E-state index contributed by atoms with van der Waals surface area (Å²) in [5, 5.41) is 0. The summed E-state index contributed by atoms with van der Waals surface area (Å²) in [4.78, 5) is 23.8. The standard InChI is InChI=1S/C17H26N2O4/c1-4-22-8-6-12-11(3)10-14(16(18)20)13(7-9-23-5-2)15(12)17(19)21/h10H,4-9H2,1-3H3,(H2,18,20)(H2,19,21). The van der Waals surface area contributed by atoms with E-state index in [-0.39, 0.29) is 0 Å². The first kappa shape index (κ1) is 19.1. The Kier molecular flexibility index (Phi) is 7.71. The molecule has 2 amide bonds. The van der Waals surface area contributed by atoms with Crippen LogP contribution in [0, 0.1) is 6.92 Å². The van der Waals surface area contributed by atoms with E-state index in [1.54, 1.807) is 6.07 Å². The molecule has 0 aliphatic heterocycles. The number of hydrogen-bond donors (Lipinski definition) is 2. The van der Waals surface area contributed by atoms with E-state index >= 15 is 0 Å². The van der Waals surface area contributed by atoms with Gasteiger partial charge < -0.3 is 20.9 Å². The second-order valence-corrected chi connectivity index (χ2v) is 5.20. The molecule has 1 rings (SSSR count). The second-order valence-electron chi connectivity index (χ2n) is 5.20. The highest BCUT2D eigenvalue weighted by atomic mass is 16.5. The van der Waals surface area contributed by atoms with Gasteiger partial charge in [-0.05, 0) is 56.4 Å². The van der Waals surface area contributed by atoms with Crippen LogP contribution in [0.2, 0.25) is 0 Å². The Bertz CT molecular complexity index is 570. The number of carbonyl (C=O) groups is 2. The van der Waals surface area contributed by atoms with Gasteiger partial charge in [0, 0.05) is 24.3 Å². The molecule has 0 aliphatic rings. The third-order valence-electron chi connectivity index (χ3n) is 3.68. The summed E-state index contributed by atoms with van der Waals surface area (Å²) in [5.41, 5.74) is 13.9. The van der Waals surface area contributed by atoms with Crippen molar-refractivity contribution in [2.24, 2.45) is 11.5 Å². The largest absolute Gasteiger partial charge is 0.381 e. The molecule has 0 saturated carbocycles. The molecule has 23 heavy (non-hydrogen) atoms. The minimum absolute atomic E-state index is 0.330. The predicted octanol–water partition coefficient (Wildman–Crippen LogP) is 1.35. The van der Waals surface area contributed by atoms with Crippen molar-refractivity contribution in [3.63, 3.8) is 0 Å². The Hall–Kier alpha value is -1.92. The van der Waals surface area contributed by atoms with Gasteiger partial charge in [-0.2, -0.15) is 0 Å². The van der Waals surface area contributed by atoms with Gasteiger partial charge in [-0.1, -0.05) is 0 Å². The van der Waals surface area contributed by atoms with Gasteiger partial charge in [0.2, 0.25) is 11.8 Å². The molecule has 128 valence electrons. The van der Waals surface area contributed by atoms with E-state index in [0.29, 0.717) is 56.0 Å². The molecule has 0 aromatic heterocycles. The number of nitrogens with two attached hydrogens (primary N) is 2. The summed E-state index contributed by atoms with van der Waals surface area (Å²) in [6.45, 7) is 7.66.